The van der Waals surface area contributed by atoms with Crippen molar-refractivity contribution in [3.8, 4) is 11.1 Å². The summed E-state index contributed by atoms with van der Waals surface area (Å²) in [6.45, 7) is 1.91. The van der Waals surface area contributed by atoms with E-state index in [1.807, 2.05) is 13.0 Å². The standard InChI is InChI=1S/C19H17FN2O2S/c1-14-3-2-4-17(11-14)25(23,24)22-13-15-5-6-19(20)18(12-15)16-7-9-21-10-8-16/h2-12,22H,13H2,1H3. The molecule has 4 nitrogen and oxygen atoms in total. The van der Waals surface area contributed by atoms with Crippen molar-refractivity contribution in [2.45, 2.75) is 18.4 Å². The molecule has 0 atom stereocenters. The summed E-state index contributed by atoms with van der Waals surface area (Å²) >= 11 is 0. The lowest BCUT2D eigenvalue weighted by molar-refractivity contribution is 0.581. The van der Waals surface area contributed by atoms with Crippen LogP contribution in [0, 0.1) is 12.7 Å². The first kappa shape index (κ1) is 17.3. The highest BCUT2D eigenvalue weighted by Gasteiger charge is 2.14. The Kier molecular flexibility index (Phi) is 4.92. The van der Waals surface area contributed by atoms with Crippen LogP contribution in [0.15, 0.2) is 71.9 Å². The van der Waals surface area contributed by atoms with Gasteiger partial charge in [0.2, 0.25) is 10.0 Å². The number of hydrogen-bond donors (Lipinski definition) is 1. The van der Waals surface area contributed by atoms with Gasteiger partial charge in [-0.1, -0.05) is 18.2 Å². The smallest absolute Gasteiger partial charge is 0.240 e. The lowest BCUT2D eigenvalue weighted by Crippen LogP contribution is -2.23. The molecule has 1 heterocycles. The lowest BCUT2D eigenvalue weighted by atomic mass is 10.0. The number of halogens is 1. The second-order valence-corrected chi connectivity index (χ2v) is 7.46. The number of nitrogens with one attached hydrogen (secondary N) is 1. The van der Waals surface area contributed by atoms with Crippen LogP contribution in [0.5, 0.6) is 0 Å². The van der Waals surface area contributed by atoms with Crippen molar-refractivity contribution >= 4 is 10.0 Å². The Hall–Kier alpha value is -2.57. The van der Waals surface area contributed by atoms with Gasteiger partial charge in [0.25, 0.3) is 0 Å². The molecule has 0 saturated carbocycles. The van der Waals surface area contributed by atoms with Gasteiger partial charge in [-0.2, -0.15) is 0 Å². The molecule has 0 aliphatic heterocycles. The fourth-order valence-electron chi connectivity index (χ4n) is 2.48. The Bertz CT molecular complexity index is 989. The van der Waals surface area contributed by atoms with Gasteiger partial charge < -0.3 is 0 Å². The third-order valence-electron chi connectivity index (χ3n) is 3.79. The number of pyridine rings is 1. The Morgan fingerprint density at radius 1 is 1.04 bits per heavy atom. The average Bonchev–Trinajstić information content (AvgIpc) is 2.62. The average molecular weight is 356 g/mol. The van der Waals surface area contributed by atoms with E-state index in [9.17, 15) is 12.8 Å². The van der Waals surface area contributed by atoms with Crippen molar-refractivity contribution < 1.29 is 12.8 Å². The molecule has 0 spiro atoms. The molecule has 6 heteroatoms. The Labute approximate surface area is 146 Å². The van der Waals surface area contributed by atoms with Crippen molar-refractivity contribution in [3.63, 3.8) is 0 Å². The number of hydrogen-bond acceptors (Lipinski definition) is 3. The van der Waals surface area contributed by atoms with Gasteiger partial charge in [-0.05, 0) is 60.0 Å². The minimum atomic E-state index is -3.62. The van der Waals surface area contributed by atoms with Gasteiger partial charge >= 0.3 is 0 Å². The van der Waals surface area contributed by atoms with Crippen molar-refractivity contribution in [2.75, 3.05) is 0 Å². The number of sulfonamides is 1. The number of benzene rings is 2. The molecule has 0 fully saturated rings. The van der Waals surface area contributed by atoms with Crippen LogP contribution >= 0.6 is 0 Å². The second kappa shape index (κ2) is 7.13. The quantitative estimate of drug-likeness (QED) is 0.759. The van der Waals surface area contributed by atoms with E-state index in [4.69, 9.17) is 0 Å². The Morgan fingerprint density at radius 2 is 1.80 bits per heavy atom. The van der Waals surface area contributed by atoms with Gasteiger partial charge in [0.15, 0.2) is 0 Å². The molecular formula is C19H17FN2O2S. The fourth-order valence-corrected chi connectivity index (χ4v) is 3.60. The highest BCUT2D eigenvalue weighted by atomic mass is 32.2. The van der Waals surface area contributed by atoms with Crippen LogP contribution in [0.25, 0.3) is 11.1 Å². The zero-order valence-corrected chi connectivity index (χ0v) is 14.4. The second-order valence-electron chi connectivity index (χ2n) is 5.69. The Morgan fingerprint density at radius 3 is 2.52 bits per heavy atom. The van der Waals surface area contributed by atoms with E-state index >= 15 is 0 Å². The molecule has 0 aliphatic rings. The van der Waals surface area contributed by atoms with Crippen LogP contribution in [0.2, 0.25) is 0 Å². The summed E-state index contributed by atoms with van der Waals surface area (Å²) in [4.78, 5) is 4.13. The molecule has 1 aromatic heterocycles. The molecule has 25 heavy (non-hydrogen) atoms. The number of aromatic nitrogens is 1. The maximum atomic E-state index is 14.1. The molecule has 128 valence electrons. The van der Waals surface area contributed by atoms with Crippen molar-refractivity contribution in [3.05, 3.63) is 83.9 Å². The van der Waals surface area contributed by atoms with Crippen LogP contribution < -0.4 is 4.72 Å². The van der Waals surface area contributed by atoms with E-state index in [1.165, 1.54) is 6.07 Å². The van der Waals surface area contributed by atoms with Crippen molar-refractivity contribution in [1.29, 1.82) is 0 Å². The van der Waals surface area contributed by atoms with Crippen LogP contribution in [0.3, 0.4) is 0 Å². The summed E-state index contributed by atoms with van der Waals surface area (Å²) < 4.78 is 41.4. The van der Waals surface area contributed by atoms with Crippen molar-refractivity contribution in [1.82, 2.24) is 9.71 Å². The molecule has 3 aromatic rings. The molecule has 0 saturated heterocycles. The molecule has 0 bridgehead atoms. The zero-order chi connectivity index (χ0) is 17.9. The van der Waals surface area contributed by atoms with E-state index < -0.39 is 10.0 Å². The third-order valence-corrected chi connectivity index (χ3v) is 5.19. The molecule has 0 unspecified atom stereocenters. The van der Waals surface area contributed by atoms with Gasteiger partial charge in [0.05, 0.1) is 4.90 Å². The Balaban J connectivity index is 1.82. The normalized spacial score (nSPS) is 11.4. The van der Waals surface area contributed by atoms with Gasteiger partial charge in [0, 0.05) is 24.5 Å². The monoisotopic (exact) mass is 356 g/mol. The fraction of sp³-hybridized carbons (Fsp3) is 0.105. The molecular weight excluding hydrogens is 339 g/mol. The van der Waals surface area contributed by atoms with E-state index in [0.717, 1.165) is 5.56 Å². The van der Waals surface area contributed by atoms with Crippen LogP contribution in [-0.4, -0.2) is 13.4 Å². The minimum Gasteiger partial charge on any atom is -0.265 e. The van der Waals surface area contributed by atoms with E-state index in [1.54, 1.807) is 54.9 Å². The molecule has 3 rings (SSSR count). The third kappa shape index (κ3) is 4.10. The van der Waals surface area contributed by atoms with Gasteiger partial charge in [-0.25, -0.2) is 17.5 Å². The van der Waals surface area contributed by atoms with E-state index in [0.29, 0.717) is 16.7 Å². The highest BCUT2D eigenvalue weighted by Crippen LogP contribution is 2.23. The van der Waals surface area contributed by atoms with Crippen LogP contribution in [0.4, 0.5) is 4.39 Å². The highest BCUT2D eigenvalue weighted by molar-refractivity contribution is 7.89. The molecule has 1 N–H and O–H groups in total. The molecule has 2 aromatic carbocycles. The maximum absolute atomic E-state index is 14.1. The zero-order valence-electron chi connectivity index (χ0n) is 13.6. The lowest BCUT2D eigenvalue weighted by Gasteiger charge is -2.10. The molecule has 0 radical (unpaired) electrons. The summed E-state index contributed by atoms with van der Waals surface area (Å²) in [5.74, 6) is -0.364. The predicted molar refractivity (Wildman–Crippen MR) is 94.8 cm³/mol. The first-order valence-corrected chi connectivity index (χ1v) is 9.19. The van der Waals surface area contributed by atoms with E-state index in [-0.39, 0.29) is 17.3 Å². The summed E-state index contributed by atoms with van der Waals surface area (Å²) in [6, 6.07) is 14.6. The first-order chi connectivity index (χ1) is 12.0. The maximum Gasteiger partial charge on any atom is 0.240 e. The predicted octanol–water partition coefficient (Wildman–Crippen LogP) is 3.67. The molecule has 0 amide bonds. The van der Waals surface area contributed by atoms with Crippen molar-refractivity contribution in [2.24, 2.45) is 0 Å². The van der Waals surface area contributed by atoms with Gasteiger partial charge in [-0.15, -0.1) is 0 Å². The largest absolute Gasteiger partial charge is 0.265 e. The van der Waals surface area contributed by atoms with Gasteiger partial charge in [-0.3, -0.25) is 4.98 Å². The van der Waals surface area contributed by atoms with Gasteiger partial charge in [0.1, 0.15) is 5.82 Å². The number of nitrogens with zero attached hydrogens (tertiary/aromatic N) is 1. The summed E-state index contributed by atoms with van der Waals surface area (Å²) in [5.41, 5.74) is 2.64. The number of rotatable bonds is 5. The van der Waals surface area contributed by atoms with Crippen LogP contribution in [-0.2, 0) is 16.6 Å². The van der Waals surface area contributed by atoms with E-state index in [2.05, 4.69) is 9.71 Å². The SMILES string of the molecule is Cc1cccc(S(=O)(=O)NCc2ccc(F)c(-c3ccncc3)c2)c1. The summed E-state index contributed by atoms with van der Waals surface area (Å²) in [6.07, 6.45) is 3.17. The molecule has 0 aliphatic carbocycles. The summed E-state index contributed by atoms with van der Waals surface area (Å²) in [7, 11) is -3.62. The van der Waals surface area contributed by atoms with Crippen LogP contribution in [0.1, 0.15) is 11.1 Å². The summed E-state index contributed by atoms with van der Waals surface area (Å²) in [5, 5.41) is 0. The first-order valence-electron chi connectivity index (χ1n) is 7.71. The number of aryl methyl sites for hydroxylation is 1. The minimum absolute atomic E-state index is 0.0780. The topological polar surface area (TPSA) is 59.1 Å².